The Kier molecular flexibility index (Phi) is 2.58. The molecule has 2 aromatic rings. The summed E-state index contributed by atoms with van der Waals surface area (Å²) in [5, 5.41) is 11.7. The molecule has 0 radical (unpaired) electrons. The van der Waals surface area contributed by atoms with Crippen molar-refractivity contribution in [3.63, 3.8) is 0 Å². The Morgan fingerprint density at radius 3 is 2.63 bits per heavy atom. The second kappa shape index (κ2) is 4.41. The number of hydrogen-bond donors (Lipinski definition) is 0. The third kappa shape index (κ3) is 1.85. The van der Waals surface area contributed by atoms with Crippen LogP contribution in [-0.2, 0) is 0 Å². The highest BCUT2D eigenvalue weighted by Crippen LogP contribution is 2.26. The van der Waals surface area contributed by atoms with E-state index >= 15 is 0 Å². The first-order valence-corrected chi connectivity index (χ1v) is 6.93. The van der Waals surface area contributed by atoms with E-state index in [-0.39, 0.29) is 0 Å². The molecular weight excluding hydrogens is 242 g/mol. The zero-order chi connectivity index (χ0) is 12.7. The molecule has 0 aromatic carbocycles. The Morgan fingerprint density at radius 2 is 1.89 bits per heavy atom. The Morgan fingerprint density at radius 1 is 1.05 bits per heavy atom. The van der Waals surface area contributed by atoms with Crippen molar-refractivity contribution in [1.82, 2.24) is 29.9 Å². The maximum absolute atomic E-state index is 4.22. The van der Waals surface area contributed by atoms with Gasteiger partial charge in [-0.3, -0.25) is 9.88 Å². The van der Waals surface area contributed by atoms with Crippen LogP contribution < -0.4 is 4.90 Å². The SMILES string of the molecule is c1ncc2nnnn2c1N1CCN(C2CCC2)CC1. The fourth-order valence-electron chi connectivity index (χ4n) is 2.95. The van der Waals surface area contributed by atoms with Gasteiger partial charge in [0, 0.05) is 32.2 Å². The van der Waals surface area contributed by atoms with Crippen LogP contribution in [0.4, 0.5) is 5.82 Å². The first kappa shape index (κ1) is 11.1. The van der Waals surface area contributed by atoms with Gasteiger partial charge in [0.15, 0.2) is 11.5 Å². The van der Waals surface area contributed by atoms with Crippen LogP contribution in [0.3, 0.4) is 0 Å². The van der Waals surface area contributed by atoms with Gasteiger partial charge in [-0.25, -0.2) is 0 Å². The van der Waals surface area contributed by atoms with E-state index in [4.69, 9.17) is 0 Å². The standard InChI is InChI=1S/C12H17N7/c1-2-10(3-1)17-4-6-18(7-5-17)12-9-13-8-11-14-15-16-19(11)12/h8-10H,1-7H2. The topological polar surface area (TPSA) is 62.5 Å². The summed E-state index contributed by atoms with van der Waals surface area (Å²) < 4.78 is 1.77. The van der Waals surface area contributed by atoms with E-state index in [1.165, 1.54) is 19.3 Å². The lowest BCUT2D eigenvalue weighted by Crippen LogP contribution is -2.52. The zero-order valence-electron chi connectivity index (χ0n) is 10.8. The minimum atomic E-state index is 0.707. The van der Waals surface area contributed by atoms with E-state index in [2.05, 4.69) is 30.3 Å². The van der Waals surface area contributed by atoms with Crippen molar-refractivity contribution in [2.24, 2.45) is 0 Å². The normalized spacial score (nSPS) is 21.8. The first-order valence-electron chi connectivity index (χ1n) is 6.93. The summed E-state index contributed by atoms with van der Waals surface area (Å²) in [5.41, 5.74) is 0.707. The molecule has 19 heavy (non-hydrogen) atoms. The van der Waals surface area contributed by atoms with Gasteiger partial charge in [-0.05, 0) is 23.3 Å². The maximum atomic E-state index is 4.22. The predicted octanol–water partition coefficient (Wildman–Crippen LogP) is 0.194. The molecule has 7 heteroatoms. The van der Waals surface area contributed by atoms with Gasteiger partial charge < -0.3 is 4.90 Å². The van der Waals surface area contributed by atoms with Gasteiger partial charge in [-0.2, -0.15) is 4.52 Å². The molecule has 2 fully saturated rings. The van der Waals surface area contributed by atoms with Gasteiger partial charge in [0.25, 0.3) is 0 Å². The van der Waals surface area contributed by atoms with Crippen molar-refractivity contribution in [1.29, 1.82) is 0 Å². The summed E-state index contributed by atoms with van der Waals surface area (Å²) in [4.78, 5) is 9.17. The lowest BCUT2D eigenvalue weighted by molar-refractivity contribution is 0.120. The van der Waals surface area contributed by atoms with Crippen molar-refractivity contribution < 1.29 is 0 Å². The van der Waals surface area contributed by atoms with Crippen LogP contribution >= 0.6 is 0 Å². The average Bonchev–Trinajstić information content (AvgIpc) is 2.86. The van der Waals surface area contributed by atoms with Crippen molar-refractivity contribution in [2.75, 3.05) is 31.1 Å². The Hall–Kier alpha value is -1.76. The molecule has 2 aromatic heterocycles. The van der Waals surface area contributed by atoms with Gasteiger partial charge in [0.05, 0.1) is 12.4 Å². The van der Waals surface area contributed by atoms with Gasteiger partial charge in [0.2, 0.25) is 0 Å². The molecule has 0 unspecified atom stereocenters. The van der Waals surface area contributed by atoms with E-state index in [0.717, 1.165) is 38.0 Å². The summed E-state index contributed by atoms with van der Waals surface area (Å²) in [6.45, 7) is 4.31. The molecule has 4 rings (SSSR count). The molecule has 1 aliphatic carbocycles. The lowest BCUT2D eigenvalue weighted by atomic mass is 9.91. The van der Waals surface area contributed by atoms with Crippen LogP contribution in [0.15, 0.2) is 12.4 Å². The van der Waals surface area contributed by atoms with Gasteiger partial charge in [0.1, 0.15) is 0 Å². The van der Waals surface area contributed by atoms with E-state index in [9.17, 15) is 0 Å². The second-order valence-corrected chi connectivity index (χ2v) is 5.32. The summed E-state index contributed by atoms with van der Waals surface area (Å²) in [6.07, 6.45) is 7.70. The smallest absolute Gasteiger partial charge is 0.199 e. The van der Waals surface area contributed by atoms with E-state index in [1.807, 2.05) is 6.20 Å². The molecule has 2 aliphatic rings. The molecule has 1 aliphatic heterocycles. The number of fused-ring (bicyclic) bond motifs is 1. The van der Waals surface area contributed by atoms with Crippen molar-refractivity contribution in [3.8, 4) is 0 Å². The molecular formula is C12H17N7. The monoisotopic (exact) mass is 259 g/mol. The van der Waals surface area contributed by atoms with Crippen LogP contribution in [0.25, 0.3) is 5.65 Å². The summed E-state index contributed by atoms with van der Waals surface area (Å²) in [5.74, 6) is 0.996. The highest BCUT2D eigenvalue weighted by molar-refractivity contribution is 5.46. The van der Waals surface area contributed by atoms with Gasteiger partial charge in [-0.15, -0.1) is 5.10 Å². The third-order valence-corrected chi connectivity index (χ3v) is 4.32. The highest BCUT2D eigenvalue weighted by Gasteiger charge is 2.28. The number of piperazine rings is 1. The Bertz CT molecular complexity index is 568. The molecule has 0 spiro atoms. The lowest BCUT2D eigenvalue weighted by Gasteiger charge is -2.43. The van der Waals surface area contributed by atoms with Gasteiger partial charge >= 0.3 is 0 Å². The highest BCUT2D eigenvalue weighted by atomic mass is 15.5. The minimum absolute atomic E-state index is 0.707. The Balaban J connectivity index is 1.52. The maximum Gasteiger partial charge on any atom is 0.199 e. The largest absolute Gasteiger partial charge is 0.353 e. The number of hydrogen-bond acceptors (Lipinski definition) is 6. The van der Waals surface area contributed by atoms with Crippen molar-refractivity contribution >= 4 is 11.5 Å². The van der Waals surface area contributed by atoms with Crippen molar-refractivity contribution in [2.45, 2.75) is 25.3 Å². The fourth-order valence-corrected chi connectivity index (χ4v) is 2.95. The summed E-state index contributed by atoms with van der Waals surface area (Å²) >= 11 is 0. The van der Waals surface area contributed by atoms with Crippen LogP contribution in [0, 0.1) is 0 Å². The van der Waals surface area contributed by atoms with E-state index < -0.39 is 0 Å². The quantitative estimate of drug-likeness (QED) is 0.767. The zero-order valence-corrected chi connectivity index (χ0v) is 10.8. The molecule has 3 heterocycles. The Labute approximate surface area is 111 Å². The molecule has 100 valence electrons. The number of anilines is 1. The van der Waals surface area contributed by atoms with Crippen LogP contribution in [0.2, 0.25) is 0 Å². The molecule has 0 amide bonds. The van der Waals surface area contributed by atoms with Crippen molar-refractivity contribution in [3.05, 3.63) is 12.4 Å². The number of aromatic nitrogens is 5. The molecule has 7 nitrogen and oxygen atoms in total. The number of nitrogens with zero attached hydrogens (tertiary/aromatic N) is 7. The number of rotatable bonds is 2. The van der Waals surface area contributed by atoms with Gasteiger partial charge in [-0.1, -0.05) is 6.42 Å². The predicted molar refractivity (Wildman–Crippen MR) is 70.0 cm³/mol. The summed E-state index contributed by atoms with van der Waals surface area (Å²) in [7, 11) is 0. The number of tetrazole rings is 1. The molecule has 0 atom stereocenters. The van der Waals surface area contributed by atoms with E-state index in [0.29, 0.717) is 5.65 Å². The minimum Gasteiger partial charge on any atom is -0.353 e. The first-order chi connectivity index (χ1) is 9.42. The molecule has 0 N–H and O–H groups in total. The molecule has 1 saturated heterocycles. The molecule has 1 saturated carbocycles. The summed E-state index contributed by atoms with van der Waals surface area (Å²) in [6, 6.07) is 0.837. The van der Waals surface area contributed by atoms with Crippen LogP contribution in [-0.4, -0.2) is 62.1 Å². The average molecular weight is 259 g/mol. The van der Waals surface area contributed by atoms with Crippen LogP contribution in [0.5, 0.6) is 0 Å². The van der Waals surface area contributed by atoms with E-state index in [1.54, 1.807) is 10.7 Å². The second-order valence-electron chi connectivity index (χ2n) is 5.32. The fraction of sp³-hybridized carbons (Fsp3) is 0.667. The third-order valence-electron chi connectivity index (χ3n) is 4.32. The van der Waals surface area contributed by atoms with Crippen LogP contribution in [0.1, 0.15) is 19.3 Å². The molecule has 0 bridgehead atoms.